The number of H-pyrrole nitrogens is 2. The lowest BCUT2D eigenvalue weighted by Gasteiger charge is -2.13. The van der Waals surface area contributed by atoms with Crippen LogP contribution in [0.1, 0.15) is 34.3 Å². The molecule has 3 rings (SSSR count). The molecule has 3 aromatic rings. The zero-order chi connectivity index (χ0) is 22.5. The number of benzene rings is 1. The summed E-state index contributed by atoms with van der Waals surface area (Å²) in [7, 11) is 0. The Kier molecular flexibility index (Phi) is 6.34. The van der Waals surface area contributed by atoms with Crippen LogP contribution in [0.3, 0.4) is 0 Å². The van der Waals surface area contributed by atoms with Gasteiger partial charge in [0, 0.05) is 16.6 Å². The van der Waals surface area contributed by atoms with Gasteiger partial charge in [-0.2, -0.15) is 4.98 Å². The third-order valence-corrected chi connectivity index (χ3v) is 4.80. The first kappa shape index (κ1) is 21.6. The molecular weight excluding hydrogens is 406 g/mol. The summed E-state index contributed by atoms with van der Waals surface area (Å²) in [5, 5.41) is 18.8. The first-order chi connectivity index (χ1) is 14.7. The quantitative estimate of drug-likeness (QED) is 0.292. The van der Waals surface area contributed by atoms with E-state index >= 15 is 0 Å². The molecule has 0 aliphatic rings. The zero-order valence-corrected chi connectivity index (χ0v) is 16.4. The molecule has 0 saturated carbocycles. The van der Waals surface area contributed by atoms with Crippen LogP contribution in [0.2, 0.25) is 0 Å². The van der Waals surface area contributed by atoms with Gasteiger partial charge in [0.05, 0.1) is 5.39 Å². The van der Waals surface area contributed by atoms with E-state index in [-0.39, 0.29) is 29.9 Å². The first-order valence-electron chi connectivity index (χ1n) is 9.47. The fraction of sp³-hybridized carbons (Fsp3) is 0.250. The van der Waals surface area contributed by atoms with Gasteiger partial charge in [-0.25, -0.2) is 4.79 Å². The van der Waals surface area contributed by atoms with Crippen LogP contribution in [0.4, 0.5) is 5.95 Å². The van der Waals surface area contributed by atoms with E-state index in [1.165, 1.54) is 0 Å². The van der Waals surface area contributed by atoms with Crippen molar-refractivity contribution in [2.45, 2.75) is 31.7 Å². The van der Waals surface area contributed by atoms with E-state index in [9.17, 15) is 24.3 Å². The first-order valence-corrected chi connectivity index (χ1v) is 9.47. The average molecular weight is 428 g/mol. The molecule has 0 fully saturated rings. The van der Waals surface area contributed by atoms with Gasteiger partial charge in [0.15, 0.2) is 0 Å². The SMILES string of the molecule is Nc1nc2[nH]cc(CCc3ccc(C(=O)N[C@@H](CCC(=O)[OH2+])C(=O)O)cc3)c2c(=O)[nH]1. The summed E-state index contributed by atoms with van der Waals surface area (Å²) in [4.78, 5) is 55.9. The van der Waals surface area contributed by atoms with E-state index in [0.717, 1.165) is 11.1 Å². The Balaban J connectivity index is 1.64. The Morgan fingerprint density at radius 1 is 1.19 bits per heavy atom. The number of carboxylic acid groups (broad SMARTS) is 1. The molecule has 0 saturated heterocycles. The highest BCUT2D eigenvalue weighted by atomic mass is 16.4. The second kappa shape index (κ2) is 9.11. The Bertz CT molecular complexity index is 1180. The number of aliphatic carboxylic acids is 1. The number of hydrogen-bond donors (Lipinski definition) is 5. The minimum Gasteiger partial charge on any atom is -0.565 e. The van der Waals surface area contributed by atoms with Crippen LogP contribution in [0, 0.1) is 0 Å². The van der Waals surface area contributed by atoms with Crippen molar-refractivity contribution in [2.24, 2.45) is 0 Å². The number of carboxylic acids is 1. The molecular formula is C20H22N5O6+. The number of carbonyl (C=O) groups excluding carboxylic acids is 2. The summed E-state index contributed by atoms with van der Waals surface area (Å²) in [5.41, 5.74) is 7.63. The van der Waals surface area contributed by atoms with Crippen molar-refractivity contribution in [1.29, 1.82) is 0 Å². The van der Waals surface area contributed by atoms with Crippen LogP contribution >= 0.6 is 0 Å². The smallest absolute Gasteiger partial charge is 0.516 e. The number of aromatic nitrogens is 3. The molecule has 11 nitrogen and oxygen atoms in total. The average Bonchev–Trinajstić information content (AvgIpc) is 3.12. The van der Waals surface area contributed by atoms with Gasteiger partial charge in [0.1, 0.15) is 18.1 Å². The molecule has 11 heteroatoms. The molecule has 1 amide bonds. The Labute approximate surface area is 175 Å². The highest BCUT2D eigenvalue weighted by molar-refractivity contribution is 5.96. The van der Waals surface area contributed by atoms with E-state index in [0.29, 0.717) is 23.9 Å². The second-order valence-electron chi connectivity index (χ2n) is 7.01. The molecule has 0 aliphatic carbocycles. The van der Waals surface area contributed by atoms with Gasteiger partial charge in [-0.3, -0.25) is 14.6 Å². The molecule has 0 unspecified atom stereocenters. The van der Waals surface area contributed by atoms with E-state index in [1.54, 1.807) is 30.5 Å². The van der Waals surface area contributed by atoms with Crippen molar-refractivity contribution >= 4 is 34.8 Å². The third kappa shape index (κ3) is 5.26. The number of nitrogens with two attached hydrogens (primary N) is 1. The molecule has 0 bridgehead atoms. The standard InChI is InChI=1S/C20H21N5O6/c21-20-24-16-15(18(29)25-20)12(9-22-16)6-3-10-1-4-11(5-2-10)17(28)23-13(19(30)31)7-8-14(26)27/h1-2,4-5,9,13H,3,6-8H2,(H,23,28)(H,26,27)(H,30,31)(H4,21,22,24,25,29)/p+1/t13-/m0/s1. The zero-order valence-electron chi connectivity index (χ0n) is 16.4. The highest BCUT2D eigenvalue weighted by Crippen LogP contribution is 2.16. The monoisotopic (exact) mass is 428 g/mol. The number of anilines is 1. The maximum absolute atomic E-state index is 12.3. The predicted octanol–water partition coefficient (Wildman–Crippen LogP) is -0.167. The van der Waals surface area contributed by atoms with Crippen LogP contribution in [0.25, 0.3) is 11.0 Å². The normalized spacial score (nSPS) is 11.9. The van der Waals surface area contributed by atoms with Crippen molar-refractivity contribution in [3.8, 4) is 0 Å². The largest absolute Gasteiger partial charge is 0.565 e. The van der Waals surface area contributed by atoms with Crippen molar-refractivity contribution in [3.63, 3.8) is 0 Å². The maximum Gasteiger partial charge on any atom is 0.516 e. The highest BCUT2D eigenvalue weighted by Gasteiger charge is 2.23. The molecule has 0 aliphatic heterocycles. The van der Waals surface area contributed by atoms with Gasteiger partial charge in [-0.05, 0) is 42.5 Å². The van der Waals surface area contributed by atoms with E-state index in [2.05, 4.69) is 20.3 Å². The number of nitrogen functional groups attached to an aromatic ring is 1. The Morgan fingerprint density at radius 2 is 1.90 bits per heavy atom. The minimum atomic E-state index is -1.27. The Hall–Kier alpha value is -4.15. The number of amides is 1. The van der Waals surface area contributed by atoms with Gasteiger partial charge in [-0.15, -0.1) is 0 Å². The van der Waals surface area contributed by atoms with Gasteiger partial charge < -0.3 is 26.2 Å². The third-order valence-electron chi connectivity index (χ3n) is 4.80. The molecule has 31 heavy (non-hydrogen) atoms. The van der Waals surface area contributed by atoms with Crippen LogP contribution < -0.4 is 16.6 Å². The van der Waals surface area contributed by atoms with E-state index < -0.39 is 23.9 Å². The summed E-state index contributed by atoms with van der Waals surface area (Å²) in [6.45, 7) is 0. The number of aromatic amines is 2. The molecule has 0 spiro atoms. The van der Waals surface area contributed by atoms with Crippen molar-refractivity contribution in [1.82, 2.24) is 20.3 Å². The lowest BCUT2D eigenvalue weighted by molar-refractivity contribution is -0.140. The van der Waals surface area contributed by atoms with Crippen LogP contribution in [0.15, 0.2) is 35.3 Å². The van der Waals surface area contributed by atoms with Crippen LogP contribution in [-0.4, -0.2) is 49.1 Å². The summed E-state index contributed by atoms with van der Waals surface area (Å²) >= 11 is 0. The van der Waals surface area contributed by atoms with Crippen molar-refractivity contribution in [2.75, 3.05) is 5.73 Å². The number of nitrogens with one attached hydrogen (secondary N) is 3. The van der Waals surface area contributed by atoms with Gasteiger partial charge in [0.25, 0.3) is 11.5 Å². The molecule has 8 N–H and O–H groups in total. The van der Waals surface area contributed by atoms with Gasteiger partial charge in [0.2, 0.25) is 5.95 Å². The van der Waals surface area contributed by atoms with Gasteiger partial charge >= 0.3 is 11.9 Å². The lowest BCUT2D eigenvalue weighted by Crippen LogP contribution is -2.41. The molecule has 2 heterocycles. The number of aryl methyl sites for hydroxylation is 2. The van der Waals surface area contributed by atoms with Crippen LogP contribution in [0.5, 0.6) is 0 Å². The summed E-state index contributed by atoms with van der Waals surface area (Å²) in [5.74, 6) is -2.70. The molecule has 1 aromatic carbocycles. The maximum atomic E-state index is 12.3. The second-order valence-corrected chi connectivity index (χ2v) is 7.01. The molecule has 162 valence electrons. The van der Waals surface area contributed by atoms with Crippen molar-refractivity contribution < 1.29 is 24.6 Å². The molecule has 1 atom stereocenters. The number of rotatable bonds is 9. The predicted molar refractivity (Wildman–Crippen MR) is 112 cm³/mol. The van der Waals surface area contributed by atoms with Gasteiger partial charge in [-0.1, -0.05) is 12.1 Å². The fourth-order valence-electron chi connectivity index (χ4n) is 3.19. The van der Waals surface area contributed by atoms with E-state index in [1.807, 2.05) is 0 Å². The minimum absolute atomic E-state index is 0.0381. The summed E-state index contributed by atoms with van der Waals surface area (Å²) in [6.07, 6.45) is 2.47. The topological polar surface area (TPSA) is 194 Å². The summed E-state index contributed by atoms with van der Waals surface area (Å²) in [6, 6.07) is 5.39. The fourth-order valence-corrected chi connectivity index (χ4v) is 3.19. The van der Waals surface area contributed by atoms with E-state index in [4.69, 9.17) is 10.8 Å². The number of nitrogens with zero attached hydrogens (tertiary/aromatic N) is 1. The number of fused-ring (bicyclic) bond motifs is 1. The molecule has 0 radical (unpaired) electrons. The number of hydrogen-bond acceptors (Lipinski definition) is 6. The summed E-state index contributed by atoms with van der Waals surface area (Å²) < 4.78 is 0. The molecule has 2 aromatic heterocycles. The lowest BCUT2D eigenvalue weighted by atomic mass is 10.0. The Morgan fingerprint density at radius 3 is 2.55 bits per heavy atom. The van der Waals surface area contributed by atoms with Crippen LogP contribution in [-0.2, 0) is 22.4 Å². The number of carbonyl (C=O) groups is 3. The van der Waals surface area contributed by atoms with Crippen molar-refractivity contribution in [3.05, 3.63) is 57.5 Å².